The number of aliphatic hydroxyl groups is 1. The van der Waals surface area contributed by atoms with Crippen LogP contribution < -0.4 is 5.32 Å². The number of thiophene rings is 1. The lowest BCUT2D eigenvalue weighted by Crippen LogP contribution is -2.58. The number of hydrogen-bond acceptors (Lipinski definition) is 7. The van der Waals surface area contributed by atoms with E-state index in [1.54, 1.807) is 23.2 Å². The highest BCUT2D eigenvalue weighted by molar-refractivity contribution is 7.10. The molecular formula is C18H28N4O3S. The minimum atomic E-state index is -0.937. The first-order valence-electron chi connectivity index (χ1n) is 8.95. The maximum Gasteiger partial charge on any atom is 0.410 e. The van der Waals surface area contributed by atoms with E-state index in [1.807, 2.05) is 38.3 Å². The molecule has 26 heavy (non-hydrogen) atoms. The van der Waals surface area contributed by atoms with Crippen molar-refractivity contribution in [1.82, 2.24) is 15.1 Å². The second-order valence-electron chi connectivity index (χ2n) is 8.04. The Kier molecular flexibility index (Phi) is 5.16. The van der Waals surface area contributed by atoms with Gasteiger partial charge in [0.2, 0.25) is 0 Å². The molecule has 0 saturated carbocycles. The van der Waals surface area contributed by atoms with E-state index in [4.69, 9.17) is 4.74 Å². The van der Waals surface area contributed by atoms with Gasteiger partial charge in [0.1, 0.15) is 11.2 Å². The quantitative estimate of drug-likeness (QED) is 0.837. The molecule has 8 heteroatoms. The van der Waals surface area contributed by atoms with Crippen molar-refractivity contribution in [2.45, 2.75) is 44.9 Å². The van der Waals surface area contributed by atoms with Gasteiger partial charge in [-0.2, -0.15) is 0 Å². The molecule has 0 aromatic carbocycles. The summed E-state index contributed by atoms with van der Waals surface area (Å²) < 4.78 is 5.47. The van der Waals surface area contributed by atoms with E-state index in [2.05, 4.69) is 15.2 Å². The molecule has 2 aliphatic heterocycles. The van der Waals surface area contributed by atoms with Crippen LogP contribution in [-0.2, 0) is 10.3 Å². The Morgan fingerprint density at radius 2 is 2.19 bits per heavy atom. The van der Waals surface area contributed by atoms with Crippen LogP contribution in [0.15, 0.2) is 22.5 Å². The van der Waals surface area contributed by atoms with E-state index in [0.717, 1.165) is 10.8 Å². The summed E-state index contributed by atoms with van der Waals surface area (Å²) in [4.78, 5) is 21.7. The first-order chi connectivity index (χ1) is 12.2. The molecule has 0 spiro atoms. The van der Waals surface area contributed by atoms with Crippen molar-refractivity contribution >= 4 is 23.4 Å². The van der Waals surface area contributed by atoms with E-state index in [0.29, 0.717) is 32.7 Å². The van der Waals surface area contributed by atoms with E-state index < -0.39 is 11.2 Å². The van der Waals surface area contributed by atoms with Gasteiger partial charge in [-0.1, -0.05) is 6.07 Å². The molecule has 3 heterocycles. The summed E-state index contributed by atoms with van der Waals surface area (Å²) in [6.07, 6.45) is -0.265. The van der Waals surface area contributed by atoms with Gasteiger partial charge in [0.05, 0.1) is 19.1 Å². The molecule has 0 aliphatic carbocycles. The third kappa shape index (κ3) is 4.29. The third-order valence-electron chi connectivity index (χ3n) is 4.50. The Hall–Kier alpha value is -1.80. The number of ether oxygens (including phenoxy) is 1. The summed E-state index contributed by atoms with van der Waals surface area (Å²) in [6, 6.07) is 4.03. The summed E-state index contributed by atoms with van der Waals surface area (Å²) in [5.41, 5.74) is -1.42. The number of carbonyl (C=O) groups is 1. The molecule has 2 unspecified atom stereocenters. The van der Waals surface area contributed by atoms with Crippen LogP contribution in [0.5, 0.6) is 0 Å². The summed E-state index contributed by atoms with van der Waals surface area (Å²) in [6.45, 7) is 10.4. The second kappa shape index (κ2) is 7.08. The fraction of sp³-hybridized carbons (Fsp3) is 0.667. The van der Waals surface area contributed by atoms with E-state index in [1.165, 1.54) is 0 Å². The number of nitrogens with zero attached hydrogens (tertiary/aromatic N) is 3. The molecule has 144 valence electrons. The predicted octanol–water partition coefficient (Wildman–Crippen LogP) is 1.84. The van der Waals surface area contributed by atoms with Crippen LogP contribution in [0.3, 0.4) is 0 Å². The van der Waals surface area contributed by atoms with Crippen molar-refractivity contribution in [1.29, 1.82) is 0 Å². The van der Waals surface area contributed by atoms with Gasteiger partial charge in [0, 0.05) is 24.5 Å². The maximum atomic E-state index is 12.3. The Morgan fingerprint density at radius 1 is 1.42 bits per heavy atom. The fourth-order valence-electron chi connectivity index (χ4n) is 3.15. The fourth-order valence-corrected chi connectivity index (χ4v) is 3.93. The molecule has 2 aliphatic rings. The zero-order valence-electron chi connectivity index (χ0n) is 15.9. The normalized spacial score (nSPS) is 22.5. The van der Waals surface area contributed by atoms with Gasteiger partial charge in [-0.25, -0.2) is 4.79 Å². The number of piperazine rings is 1. The smallest absolute Gasteiger partial charge is 0.410 e. The average molecular weight is 381 g/mol. The Morgan fingerprint density at radius 3 is 2.85 bits per heavy atom. The maximum absolute atomic E-state index is 12.3. The molecule has 1 aromatic heterocycles. The monoisotopic (exact) mass is 380 g/mol. The Bertz CT molecular complexity index is 666. The molecule has 1 amide bonds. The van der Waals surface area contributed by atoms with E-state index in [-0.39, 0.29) is 12.1 Å². The number of aliphatic imine (C=N–C) groups is 1. The Labute approximate surface area is 158 Å². The topological polar surface area (TPSA) is 77.4 Å². The zero-order valence-corrected chi connectivity index (χ0v) is 16.7. The molecule has 0 bridgehead atoms. The van der Waals surface area contributed by atoms with Crippen molar-refractivity contribution in [3.05, 3.63) is 22.4 Å². The van der Waals surface area contributed by atoms with Crippen molar-refractivity contribution in [2.24, 2.45) is 4.99 Å². The molecule has 1 aromatic rings. The molecular weight excluding hydrogens is 352 g/mol. The zero-order chi connectivity index (χ0) is 18.9. The highest BCUT2D eigenvalue weighted by atomic mass is 32.1. The second-order valence-corrected chi connectivity index (χ2v) is 8.99. The van der Waals surface area contributed by atoms with Crippen LogP contribution in [0.4, 0.5) is 4.79 Å². The van der Waals surface area contributed by atoms with Gasteiger partial charge < -0.3 is 25.0 Å². The number of fused-ring (bicyclic) bond motifs is 1. The first kappa shape index (κ1) is 19.0. The molecule has 7 nitrogen and oxygen atoms in total. The van der Waals surface area contributed by atoms with Gasteiger partial charge >= 0.3 is 6.09 Å². The molecule has 2 N–H and O–H groups in total. The van der Waals surface area contributed by atoms with Crippen LogP contribution in [-0.4, -0.2) is 71.3 Å². The van der Waals surface area contributed by atoms with Crippen molar-refractivity contribution < 1.29 is 14.6 Å². The molecule has 3 rings (SSSR count). The highest BCUT2D eigenvalue weighted by Crippen LogP contribution is 2.25. The summed E-state index contributed by atoms with van der Waals surface area (Å²) in [5, 5.41) is 15.9. The highest BCUT2D eigenvalue weighted by Gasteiger charge is 2.37. The summed E-state index contributed by atoms with van der Waals surface area (Å²) in [7, 11) is 0. The SMILES string of the molecule is CC(C)(C)OC(=O)N1CCN2C(NCC(C)(O)c3cccs3)=NCC2C1. The van der Waals surface area contributed by atoms with Crippen molar-refractivity contribution in [3.8, 4) is 0 Å². The van der Waals surface area contributed by atoms with Crippen molar-refractivity contribution in [2.75, 3.05) is 32.7 Å². The predicted molar refractivity (Wildman–Crippen MR) is 102 cm³/mol. The lowest BCUT2D eigenvalue weighted by Gasteiger charge is -2.39. The number of hydrogen-bond donors (Lipinski definition) is 2. The van der Waals surface area contributed by atoms with Crippen LogP contribution in [0.2, 0.25) is 0 Å². The molecule has 1 fully saturated rings. The largest absolute Gasteiger partial charge is 0.444 e. The van der Waals surface area contributed by atoms with Crippen LogP contribution in [0, 0.1) is 0 Å². The van der Waals surface area contributed by atoms with Gasteiger partial charge in [-0.15, -0.1) is 11.3 Å². The standard InChI is InChI=1S/C18H28N4O3S/c1-17(2,3)25-16(23)21-7-8-22-13(11-21)10-19-15(22)20-12-18(4,24)14-6-5-9-26-14/h5-6,9,13,24H,7-8,10-12H2,1-4H3,(H,19,20). The van der Waals surface area contributed by atoms with Crippen molar-refractivity contribution in [3.63, 3.8) is 0 Å². The minimum absolute atomic E-state index is 0.158. The Balaban J connectivity index is 1.53. The molecule has 2 atom stereocenters. The summed E-state index contributed by atoms with van der Waals surface area (Å²) in [5.74, 6) is 0.802. The number of guanidine groups is 1. The lowest BCUT2D eigenvalue weighted by atomic mass is 10.1. The van der Waals surface area contributed by atoms with Crippen LogP contribution in [0.25, 0.3) is 0 Å². The third-order valence-corrected chi connectivity index (χ3v) is 5.62. The van der Waals surface area contributed by atoms with Crippen LogP contribution >= 0.6 is 11.3 Å². The van der Waals surface area contributed by atoms with E-state index >= 15 is 0 Å². The van der Waals surface area contributed by atoms with Gasteiger partial charge in [0.15, 0.2) is 5.96 Å². The molecule has 1 saturated heterocycles. The van der Waals surface area contributed by atoms with E-state index in [9.17, 15) is 9.90 Å². The van der Waals surface area contributed by atoms with Crippen LogP contribution in [0.1, 0.15) is 32.6 Å². The van der Waals surface area contributed by atoms with Gasteiger partial charge in [-0.3, -0.25) is 4.99 Å². The molecule has 0 radical (unpaired) electrons. The minimum Gasteiger partial charge on any atom is -0.444 e. The lowest BCUT2D eigenvalue weighted by molar-refractivity contribution is 0.0136. The number of rotatable bonds is 3. The first-order valence-corrected chi connectivity index (χ1v) is 9.83. The summed E-state index contributed by atoms with van der Waals surface area (Å²) >= 11 is 1.54. The average Bonchev–Trinajstić information content (AvgIpc) is 3.21. The van der Waals surface area contributed by atoms with Gasteiger partial charge in [0.25, 0.3) is 0 Å². The van der Waals surface area contributed by atoms with Gasteiger partial charge in [-0.05, 0) is 39.1 Å². The number of nitrogens with one attached hydrogen (secondary N) is 1. The number of carbonyl (C=O) groups excluding carboxylic acids is 1. The number of amides is 1.